The Morgan fingerprint density at radius 2 is 1.60 bits per heavy atom. The van der Waals surface area contributed by atoms with Crippen molar-refractivity contribution in [3.05, 3.63) is 81.6 Å². The zero-order chi connectivity index (χ0) is 21.1. The Morgan fingerprint density at radius 1 is 0.933 bits per heavy atom. The predicted molar refractivity (Wildman–Crippen MR) is 123 cm³/mol. The number of hydrogen-bond donors (Lipinski definition) is 0. The fraction of sp³-hybridized carbons (Fsp3) is 0.348. The molecule has 0 saturated carbocycles. The Bertz CT molecular complexity index is 1030. The number of piperazine rings is 1. The third-order valence-corrected chi connectivity index (χ3v) is 6.33. The highest BCUT2D eigenvalue weighted by atomic mass is 35.5. The minimum atomic E-state index is -0.224. The molecule has 3 aromatic rings. The maximum atomic E-state index is 13.3. The van der Waals surface area contributed by atoms with Crippen LogP contribution in [0.5, 0.6) is 0 Å². The molecule has 2 heterocycles. The quantitative estimate of drug-likeness (QED) is 0.515. The first-order valence-corrected chi connectivity index (χ1v) is 11.0. The van der Waals surface area contributed by atoms with Crippen molar-refractivity contribution in [3.8, 4) is 5.69 Å². The third-order valence-electron chi connectivity index (χ3n) is 5.67. The Hall–Kier alpha value is -1.99. The Labute approximate surface area is 187 Å². The van der Waals surface area contributed by atoms with E-state index in [0.717, 1.165) is 61.0 Å². The van der Waals surface area contributed by atoms with Crippen LogP contribution < -0.4 is 0 Å². The van der Waals surface area contributed by atoms with Gasteiger partial charge in [0.05, 0.1) is 0 Å². The topological polar surface area (TPSA) is 16.3 Å². The highest BCUT2D eigenvalue weighted by Gasteiger charge is 2.16. The van der Waals surface area contributed by atoms with E-state index in [2.05, 4.69) is 32.2 Å². The lowest BCUT2D eigenvalue weighted by Gasteiger charge is -2.32. The molecule has 0 unspecified atom stereocenters. The van der Waals surface area contributed by atoms with Crippen LogP contribution in [0.3, 0.4) is 0 Å². The molecule has 1 aliphatic rings. The van der Waals surface area contributed by atoms with Gasteiger partial charge in [-0.05, 0) is 61.2 Å². The molecule has 30 heavy (non-hydrogen) atoms. The monoisotopic (exact) mass is 444 g/mol. The molecular weight excluding hydrogens is 419 g/mol. The van der Waals surface area contributed by atoms with Crippen LogP contribution in [0.2, 0.25) is 5.02 Å². The highest BCUT2D eigenvalue weighted by Crippen LogP contribution is 2.20. The lowest BCUT2D eigenvalue weighted by molar-refractivity contribution is 0.150. The first-order chi connectivity index (χ1) is 14.5. The molecule has 1 aliphatic heterocycles. The van der Waals surface area contributed by atoms with Gasteiger partial charge >= 0.3 is 0 Å². The van der Waals surface area contributed by atoms with E-state index < -0.39 is 0 Å². The van der Waals surface area contributed by atoms with Crippen LogP contribution in [0, 0.1) is 10.6 Å². The van der Waals surface area contributed by atoms with Crippen LogP contribution in [-0.4, -0.2) is 58.7 Å². The number of benzene rings is 2. The summed E-state index contributed by atoms with van der Waals surface area (Å²) >= 11 is 11.9. The third kappa shape index (κ3) is 5.01. The summed E-state index contributed by atoms with van der Waals surface area (Å²) in [5, 5.41) is 0.694. The second-order valence-electron chi connectivity index (χ2n) is 7.86. The molecular formula is C23H26ClFN4S. The van der Waals surface area contributed by atoms with Gasteiger partial charge in [0, 0.05) is 68.3 Å². The van der Waals surface area contributed by atoms with Gasteiger partial charge in [0.25, 0.3) is 0 Å². The van der Waals surface area contributed by atoms with Crippen molar-refractivity contribution in [3.63, 3.8) is 0 Å². The van der Waals surface area contributed by atoms with Gasteiger partial charge in [0.1, 0.15) is 5.82 Å². The van der Waals surface area contributed by atoms with Gasteiger partial charge in [0.15, 0.2) is 4.77 Å². The van der Waals surface area contributed by atoms with Crippen molar-refractivity contribution >= 4 is 23.8 Å². The summed E-state index contributed by atoms with van der Waals surface area (Å²) in [6.07, 6.45) is 2.81. The molecule has 1 aromatic heterocycles. The fourth-order valence-electron chi connectivity index (χ4n) is 3.83. The standard InChI is InChI=1S/C23H26ClFN4S/c1-26-10-12-27(13-11-26)14-15-28-17-22(16-18-2-6-20(25)7-3-18)29(23(28)30)21-8-4-19(24)5-9-21/h2-9,17H,10-16H2,1H3. The van der Waals surface area contributed by atoms with Gasteiger partial charge in [-0.3, -0.25) is 9.47 Å². The molecule has 0 radical (unpaired) electrons. The highest BCUT2D eigenvalue weighted by molar-refractivity contribution is 7.71. The summed E-state index contributed by atoms with van der Waals surface area (Å²) in [7, 11) is 2.17. The summed E-state index contributed by atoms with van der Waals surface area (Å²) in [6.45, 7) is 6.20. The zero-order valence-electron chi connectivity index (χ0n) is 17.1. The largest absolute Gasteiger partial charge is 0.322 e. The zero-order valence-corrected chi connectivity index (χ0v) is 18.7. The summed E-state index contributed by atoms with van der Waals surface area (Å²) in [6, 6.07) is 14.4. The Balaban J connectivity index is 1.61. The SMILES string of the molecule is CN1CCN(CCn2cc(Cc3ccc(F)cc3)n(-c3ccc(Cl)cc3)c2=S)CC1. The van der Waals surface area contributed by atoms with Crippen LogP contribution in [-0.2, 0) is 13.0 Å². The van der Waals surface area contributed by atoms with Crippen LogP contribution in [0.25, 0.3) is 5.69 Å². The first-order valence-electron chi connectivity index (χ1n) is 10.2. The number of rotatable bonds is 6. The van der Waals surface area contributed by atoms with Crippen LogP contribution in [0.1, 0.15) is 11.3 Å². The average molecular weight is 445 g/mol. The van der Waals surface area contributed by atoms with E-state index in [4.69, 9.17) is 23.8 Å². The molecule has 0 atom stereocenters. The molecule has 1 fully saturated rings. The van der Waals surface area contributed by atoms with Gasteiger partial charge in [-0.1, -0.05) is 23.7 Å². The second kappa shape index (κ2) is 9.43. The summed E-state index contributed by atoms with van der Waals surface area (Å²) < 4.78 is 18.3. The number of aromatic nitrogens is 2. The summed E-state index contributed by atoms with van der Waals surface area (Å²) in [4.78, 5) is 4.85. The van der Waals surface area contributed by atoms with Crippen molar-refractivity contribution in [2.45, 2.75) is 13.0 Å². The van der Waals surface area contributed by atoms with E-state index in [1.54, 1.807) is 0 Å². The van der Waals surface area contributed by atoms with Gasteiger partial charge < -0.3 is 9.47 Å². The summed E-state index contributed by atoms with van der Waals surface area (Å²) in [5.41, 5.74) is 3.11. The number of likely N-dealkylation sites (N-methyl/N-ethyl adjacent to an activating group) is 1. The van der Waals surface area contributed by atoms with Crippen LogP contribution >= 0.6 is 23.8 Å². The van der Waals surface area contributed by atoms with E-state index in [-0.39, 0.29) is 5.82 Å². The number of nitrogens with zero attached hydrogens (tertiary/aromatic N) is 4. The minimum absolute atomic E-state index is 0.224. The summed E-state index contributed by atoms with van der Waals surface area (Å²) in [5.74, 6) is -0.224. The van der Waals surface area contributed by atoms with Gasteiger partial charge in [-0.2, -0.15) is 0 Å². The normalized spacial score (nSPS) is 15.6. The molecule has 0 amide bonds. The molecule has 0 spiro atoms. The second-order valence-corrected chi connectivity index (χ2v) is 8.66. The van der Waals surface area contributed by atoms with E-state index in [0.29, 0.717) is 11.4 Å². The van der Waals surface area contributed by atoms with Crippen molar-refractivity contribution in [2.75, 3.05) is 39.8 Å². The van der Waals surface area contributed by atoms with Crippen molar-refractivity contribution in [2.24, 2.45) is 0 Å². The molecule has 0 N–H and O–H groups in total. The first kappa shape index (κ1) is 21.2. The smallest absolute Gasteiger partial charge is 0.184 e. The number of imidazole rings is 1. The maximum Gasteiger partial charge on any atom is 0.184 e. The van der Waals surface area contributed by atoms with Crippen LogP contribution in [0.4, 0.5) is 4.39 Å². The van der Waals surface area contributed by atoms with E-state index in [9.17, 15) is 4.39 Å². The van der Waals surface area contributed by atoms with Gasteiger partial charge in [-0.15, -0.1) is 0 Å². The fourth-order valence-corrected chi connectivity index (χ4v) is 4.32. The van der Waals surface area contributed by atoms with E-state index >= 15 is 0 Å². The van der Waals surface area contributed by atoms with E-state index in [1.807, 2.05) is 36.4 Å². The lowest BCUT2D eigenvalue weighted by Crippen LogP contribution is -2.45. The molecule has 4 nitrogen and oxygen atoms in total. The maximum absolute atomic E-state index is 13.3. The molecule has 4 rings (SSSR count). The number of hydrogen-bond acceptors (Lipinski definition) is 3. The molecule has 7 heteroatoms. The average Bonchev–Trinajstić information content (AvgIpc) is 3.05. The van der Waals surface area contributed by atoms with Crippen molar-refractivity contribution in [1.82, 2.24) is 18.9 Å². The Kier molecular flexibility index (Phi) is 6.68. The molecule has 0 aliphatic carbocycles. The molecule has 0 bridgehead atoms. The minimum Gasteiger partial charge on any atom is -0.322 e. The lowest BCUT2D eigenvalue weighted by atomic mass is 10.1. The predicted octanol–water partition coefficient (Wildman–Crippen LogP) is 4.64. The van der Waals surface area contributed by atoms with Crippen LogP contribution in [0.15, 0.2) is 54.7 Å². The molecule has 1 saturated heterocycles. The van der Waals surface area contributed by atoms with Gasteiger partial charge in [-0.25, -0.2) is 4.39 Å². The molecule has 158 valence electrons. The van der Waals surface area contributed by atoms with Gasteiger partial charge in [0.2, 0.25) is 0 Å². The number of halogens is 2. The molecule has 2 aromatic carbocycles. The Morgan fingerprint density at radius 3 is 2.27 bits per heavy atom. The van der Waals surface area contributed by atoms with Crippen molar-refractivity contribution < 1.29 is 4.39 Å². The van der Waals surface area contributed by atoms with E-state index in [1.165, 1.54) is 12.1 Å². The van der Waals surface area contributed by atoms with Crippen molar-refractivity contribution in [1.29, 1.82) is 0 Å².